The van der Waals surface area contributed by atoms with Crippen LogP contribution in [0.5, 0.6) is 5.95 Å². The molecule has 7 nitrogen and oxygen atoms in total. The zero-order valence-electron chi connectivity index (χ0n) is 15.1. The Morgan fingerprint density at radius 2 is 1.79 bits per heavy atom. The number of fused-ring (bicyclic) bond motifs is 1. The van der Waals surface area contributed by atoms with Gasteiger partial charge in [0.05, 0.1) is 10.7 Å². The highest BCUT2D eigenvalue weighted by Gasteiger charge is 2.24. The van der Waals surface area contributed by atoms with Gasteiger partial charge in [0.1, 0.15) is 5.58 Å². The second kappa shape index (κ2) is 7.85. The Kier molecular flexibility index (Phi) is 5.25. The maximum absolute atomic E-state index is 12.7. The molecule has 1 N–H and O–H groups in total. The fourth-order valence-corrected chi connectivity index (χ4v) is 3.90. The smallest absolute Gasteiger partial charge is 0.449 e. The number of hydrogen-bond acceptors (Lipinski definition) is 5. The quantitative estimate of drug-likeness (QED) is 0.598. The monoisotopic (exact) mass is 434 g/mol. The van der Waals surface area contributed by atoms with Gasteiger partial charge in [-0.3, -0.25) is 4.79 Å². The molecule has 1 aromatic heterocycles. The van der Waals surface area contributed by atoms with Crippen LogP contribution in [0.15, 0.2) is 46.9 Å². The lowest BCUT2D eigenvalue weighted by atomic mass is 10.1. The van der Waals surface area contributed by atoms with E-state index < -0.39 is 6.16 Å². The van der Waals surface area contributed by atoms with E-state index in [-0.39, 0.29) is 11.9 Å². The zero-order chi connectivity index (χ0) is 20.5. The summed E-state index contributed by atoms with van der Waals surface area (Å²) < 4.78 is 9.89. The Hall–Kier alpha value is -2.90. The summed E-state index contributed by atoms with van der Waals surface area (Å²) in [4.78, 5) is 27.2. The Balaban J connectivity index is 1.49. The van der Waals surface area contributed by atoms with E-state index in [4.69, 9.17) is 32.7 Å². The molecule has 29 heavy (non-hydrogen) atoms. The van der Waals surface area contributed by atoms with Crippen LogP contribution in [0.1, 0.15) is 10.4 Å². The number of hydrogen-bond donors (Lipinski definition) is 1. The van der Waals surface area contributed by atoms with Crippen LogP contribution in [0.3, 0.4) is 0 Å². The van der Waals surface area contributed by atoms with Crippen molar-refractivity contribution in [2.24, 2.45) is 0 Å². The largest absolute Gasteiger partial charge is 0.513 e. The minimum absolute atomic E-state index is 0.0565. The van der Waals surface area contributed by atoms with Crippen molar-refractivity contribution in [2.75, 3.05) is 31.1 Å². The number of furan rings is 1. The molecule has 0 unspecified atom stereocenters. The number of carbonyl (C=O) groups excluding carboxylic acids is 1. The van der Waals surface area contributed by atoms with Gasteiger partial charge in [-0.05, 0) is 30.3 Å². The van der Waals surface area contributed by atoms with E-state index in [1.807, 2.05) is 6.07 Å². The molecule has 0 atom stereocenters. The molecule has 0 bridgehead atoms. The van der Waals surface area contributed by atoms with Crippen molar-refractivity contribution in [1.29, 1.82) is 0 Å². The van der Waals surface area contributed by atoms with Gasteiger partial charge in [0, 0.05) is 48.2 Å². The molecule has 1 amide bonds. The normalized spacial score (nSPS) is 14.3. The van der Waals surface area contributed by atoms with Crippen LogP contribution in [0.25, 0.3) is 11.0 Å². The summed E-state index contributed by atoms with van der Waals surface area (Å²) in [5, 5.41) is 10.3. The number of carboxylic acid groups (broad SMARTS) is 1. The fourth-order valence-electron chi connectivity index (χ4n) is 3.38. The van der Waals surface area contributed by atoms with Crippen molar-refractivity contribution >= 4 is 51.9 Å². The molecule has 150 valence electrons. The molecule has 4 rings (SSSR count). The second-order valence-electron chi connectivity index (χ2n) is 6.53. The molecule has 9 heteroatoms. The Morgan fingerprint density at radius 3 is 2.48 bits per heavy atom. The second-order valence-corrected chi connectivity index (χ2v) is 7.35. The molecule has 1 fully saturated rings. The minimum Gasteiger partial charge on any atom is -0.449 e. The van der Waals surface area contributed by atoms with Crippen molar-refractivity contribution in [3.8, 4) is 5.95 Å². The van der Waals surface area contributed by atoms with E-state index in [0.29, 0.717) is 52.8 Å². The third kappa shape index (κ3) is 3.97. The Bertz CT molecular complexity index is 1090. The zero-order valence-corrected chi connectivity index (χ0v) is 16.6. The van der Waals surface area contributed by atoms with E-state index in [1.54, 1.807) is 35.2 Å². The molecule has 1 saturated heterocycles. The van der Waals surface area contributed by atoms with E-state index in [0.717, 1.165) is 5.69 Å². The average molecular weight is 435 g/mol. The maximum atomic E-state index is 12.7. The lowest BCUT2D eigenvalue weighted by Gasteiger charge is -2.36. The minimum atomic E-state index is -1.46. The summed E-state index contributed by atoms with van der Waals surface area (Å²) in [6.45, 7) is 2.29. The van der Waals surface area contributed by atoms with Crippen molar-refractivity contribution in [3.63, 3.8) is 0 Å². The lowest BCUT2D eigenvalue weighted by Crippen LogP contribution is -2.48. The predicted molar refractivity (Wildman–Crippen MR) is 109 cm³/mol. The summed E-state index contributed by atoms with van der Waals surface area (Å²) in [6, 6.07) is 11.9. The van der Waals surface area contributed by atoms with Crippen molar-refractivity contribution < 1.29 is 23.8 Å². The average Bonchev–Trinajstić information content (AvgIpc) is 3.11. The van der Waals surface area contributed by atoms with Gasteiger partial charge >= 0.3 is 6.16 Å². The van der Waals surface area contributed by atoms with Crippen molar-refractivity contribution in [1.82, 2.24) is 4.90 Å². The first-order chi connectivity index (χ1) is 13.9. The fraction of sp³-hybridized carbons (Fsp3) is 0.200. The number of ether oxygens (including phenoxy) is 1. The van der Waals surface area contributed by atoms with Crippen LogP contribution in [0, 0.1) is 0 Å². The highest BCUT2D eigenvalue weighted by molar-refractivity contribution is 6.38. The number of halogens is 2. The van der Waals surface area contributed by atoms with Crippen LogP contribution >= 0.6 is 23.2 Å². The summed E-state index contributed by atoms with van der Waals surface area (Å²) >= 11 is 12.5. The molecule has 1 aliphatic rings. The first kappa shape index (κ1) is 19.4. The van der Waals surface area contributed by atoms with Gasteiger partial charge in [-0.1, -0.05) is 29.3 Å². The molecule has 0 aliphatic carbocycles. The molecule has 1 aliphatic heterocycles. The number of rotatable bonds is 3. The van der Waals surface area contributed by atoms with Crippen LogP contribution in [-0.2, 0) is 0 Å². The lowest BCUT2D eigenvalue weighted by molar-refractivity contribution is 0.0746. The van der Waals surface area contributed by atoms with Gasteiger partial charge in [0.25, 0.3) is 11.9 Å². The van der Waals surface area contributed by atoms with E-state index in [2.05, 4.69) is 9.64 Å². The van der Waals surface area contributed by atoms with Crippen LogP contribution in [0.2, 0.25) is 10.0 Å². The number of amides is 1. The van der Waals surface area contributed by atoms with Crippen LogP contribution in [-0.4, -0.2) is 48.2 Å². The number of carbonyl (C=O) groups is 2. The summed E-state index contributed by atoms with van der Waals surface area (Å²) in [6.07, 6.45) is -1.46. The van der Waals surface area contributed by atoms with Gasteiger partial charge < -0.3 is 24.1 Å². The Labute approximate surface area is 176 Å². The van der Waals surface area contributed by atoms with E-state index in [1.165, 1.54) is 6.07 Å². The first-order valence-electron chi connectivity index (χ1n) is 8.85. The Morgan fingerprint density at radius 1 is 1.03 bits per heavy atom. The van der Waals surface area contributed by atoms with Gasteiger partial charge in [0.15, 0.2) is 0 Å². The van der Waals surface area contributed by atoms with Crippen LogP contribution < -0.4 is 9.64 Å². The third-order valence-electron chi connectivity index (χ3n) is 4.76. The molecular formula is C20H16Cl2N2O5. The summed E-state index contributed by atoms with van der Waals surface area (Å²) in [5.41, 5.74) is 1.79. The van der Waals surface area contributed by atoms with Gasteiger partial charge in [-0.15, -0.1) is 0 Å². The van der Waals surface area contributed by atoms with Gasteiger partial charge in [-0.25, -0.2) is 4.79 Å². The molecular weight excluding hydrogens is 419 g/mol. The number of benzene rings is 2. The van der Waals surface area contributed by atoms with E-state index >= 15 is 0 Å². The molecule has 2 heterocycles. The molecule has 2 aromatic carbocycles. The SMILES string of the molecule is O=C(O)Oc1cc2c(Cl)c(N3CCN(C(=O)c4cccc(Cl)c4)CC3)ccc2o1. The molecule has 3 aromatic rings. The van der Waals surface area contributed by atoms with Crippen molar-refractivity contribution in [3.05, 3.63) is 58.1 Å². The number of piperazine rings is 1. The topological polar surface area (TPSA) is 83.2 Å². The highest BCUT2D eigenvalue weighted by atomic mass is 35.5. The molecule has 0 spiro atoms. The predicted octanol–water partition coefficient (Wildman–Crippen LogP) is 4.76. The van der Waals surface area contributed by atoms with Gasteiger partial charge in [-0.2, -0.15) is 0 Å². The number of anilines is 1. The first-order valence-corrected chi connectivity index (χ1v) is 9.60. The summed E-state index contributed by atoms with van der Waals surface area (Å²) in [7, 11) is 0. The van der Waals surface area contributed by atoms with Crippen LogP contribution in [0.4, 0.5) is 10.5 Å². The molecule has 0 radical (unpaired) electrons. The summed E-state index contributed by atoms with van der Waals surface area (Å²) in [5.74, 6) is -0.192. The number of nitrogens with zero attached hydrogens (tertiary/aromatic N) is 2. The third-order valence-corrected chi connectivity index (χ3v) is 5.39. The molecule has 0 saturated carbocycles. The van der Waals surface area contributed by atoms with Crippen molar-refractivity contribution in [2.45, 2.75) is 0 Å². The highest BCUT2D eigenvalue weighted by Crippen LogP contribution is 2.37. The van der Waals surface area contributed by atoms with Gasteiger partial charge in [0.2, 0.25) is 0 Å². The van der Waals surface area contributed by atoms with E-state index in [9.17, 15) is 9.59 Å². The maximum Gasteiger partial charge on any atom is 0.513 e. The standard InChI is InChI=1S/C20H16Cl2N2O5/c21-13-3-1-2-12(10-13)19(25)24-8-6-23(7-9-24)15-4-5-16-14(18(15)22)11-17(28-16)29-20(26)27/h1-5,10-11H,6-9H2,(H,26,27).